The zero-order chi connectivity index (χ0) is 17.9. The largest absolute Gasteiger partial charge is 0.361 e. The van der Waals surface area contributed by atoms with E-state index in [0.29, 0.717) is 0 Å². The number of amides is 1. The average Bonchev–Trinajstić information content (AvgIpc) is 3.07. The van der Waals surface area contributed by atoms with Gasteiger partial charge in [-0.15, -0.1) is 0 Å². The van der Waals surface area contributed by atoms with Crippen molar-refractivity contribution in [1.82, 2.24) is 15.0 Å². The van der Waals surface area contributed by atoms with Crippen LogP contribution in [-0.2, 0) is 11.2 Å². The fourth-order valence-electron chi connectivity index (χ4n) is 2.93. The minimum atomic E-state index is -0.338. The van der Waals surface area contributed by atoms with Crippen molar-refractivity contribution < 1.29 is 4.79 Å². The lowest BCUT2D eigenvalue weighted by Crippen LogP contribution is -2.21. The zero-order valence-electron chi connectivity index (χ0n) is 13.8. The molecule has 0 unspecified atom stereocenters. The Balaban J connectivity index is 1.57. The van der Waals surface area contributed by atoms with Crippen molar-refractivity contribution in [2.75, 3.05) is 5.32 Å². The predicted molar refractivity (Wildman–Crippen MR) is 101 cm³/mol. The van der Waals surface area contributed by atoms with Gasteiger partial charge in [-0.2, -0.15) is 0 Å². The Labute approximate surface area is 148 Å². The predicted octanol–water partition coefficient (Wildman–Crippen LogP) is 3.10. The maximum Gasteiger partial charge on any atom is 0.271 e. The fourth-order valence-corrected chi connectivity index (χ4v) is 2.93. The normalized spacial score (nSPS) is 10.8. The molecule has 3 heterocycles. The number of fused-ring (bicyclic) bond motifs is 1. The van der Waals surface area contributed by atoms with Crippen LogP contribution < -0.4 is 10.9 Å². The first-order chi connectivity index (χ1) is 12.7. The molecule has 1 amide bonds. The van der Waals surface area contributed by atoms with Crippen molar-refractivity contribution in [3.63, 3.8) is 0 Å². The Morgan fingerprint density at radius 2 is 1.81 bits per heavy atom. The Kier molecular flexibility index (Phi) is 4.07. The van der Waals surface area contributed by atoms with Gasteiger partial charge in [0.1, 0.15) is 5.69 Å². The first-order valence-electron chi connectivity index (χ1n) is 8.19. The molecule has 0 aliphatic heterocycles. The van der Waals surface area contributed by atoms with Crippen LogP contribution in [0.3, 0.4) is 0 Å². The maximum atomic E-state index is 12.4. The quantitative estimate of drug-likeness (QED) is 0.531. The SMILES string of the molecule is O=C(Cc1c[nH]c2ccccc12)Nc1cc(-c2ccncc2)c[nH]c1=O. The molecule has 0 radical (unpaired) electrons. The molecule has 0 fully saturated rings. The van der Waals surface area contributed by atoms with Gasteiger partial charge in [0.05, 0.1) is 6.42 Å². The van der Waals surface area contributed by atoms with E-state index in [9.17, 15) is 9.59 Å². The molecule has 0 saturated carbocycles. The lowest BCUT2D eigenvalue weighted by Gasteiger charge is -2.07. The summed E-state index contributed by atoms with van der Waals surface area (Å²) < 4.78 is 0. The molecular formula is C20H16N4O2. The third kappa shape index (κ3) is 3.12. The van der Waals surface area contributed by atoms with Gasteiger partial charge >= 0.3 is 0 Å². The highest BCUT2D eigenvalue weighted by Crippen LogP contribution is 2.20. The first-order valence-corrected chi connectivity index (χ1v) is 8.19. The van der Waals surface area contributed by atoms with Crippen LogP contribution >= 0.6 is 0 Å². The molecule has 4 aromatic rings. The number of aromatic amines is 2. The number of carbonyl (C=O) groups is 1. The number of hydrogen-bond acceptors (Lipinski definition) is 3. The number of pyridine rings is 2. The lowest BCUT2D eigenvalue weighted by atomic mass is 10.1. The Hall–Kier alpha value is -3.67. The molecule has 0 atom stereocenters. The molecular weight excluding hydrogens is 328 g/mol. The zero-order valence-corrected chi connectivity index (χ0v) is 13.8. The number of para-hydroxylation sites is 1. The summed E-state index contributed by atoms with van der Waals surface area (Å²) in [7, 11) is 0. The summed E-state index contributed by atoms with van der Waals surface area (Å²) in [5.74, 6) is -0.243. The van der Waals surface area contributed by atoms with Gasteiger partial charge in [-0.05, 0) is 35.4 Å². The van der Waals surface area contributed by atoms with Crippen LogP contribution in [0.4, 0.5) is 5.69 Å². The average molecular weight is 344 g/mol. The summed E-state index contributed by atoms with van der Waals surface area (Å²) in [5, 5.41) is 3.71. The molecule has 26 heavy (non-hydrogen) atoms. The van der Waals surface area contributed by atoms with Gasteiger partial charge in [0.15, 0.2) is 0 Å². The van der Waals surface area contributed by atoms with E-state index in [1.54, 1.807) is 24.7 Å². The van der Waals surface area contributed by atoms with Crippen LogP contribution in [-0.4, -0.2) is 20.9 Å². The van der Waals surface area contributed by atoms with Crippen molar-refractivity contribution in [2.24, 2.45) is 0 Å². The van der Waals surface area contributed by atoms with Crippen molar-refractivity contribution >= 4 is 22.5 Å². The molecule has 3 N–H and O–H groups in total. The van der Waals surface area contributed by atoms with E-state index < -0.39 is 0 Å². The summed E-state index contributed by atoms with van der Waals surface area (Å²) in [5.41, 5.74) is 3.46. The van der Waals surface area contributed by atoms with E-state index in [4.69, 9.17) is 0 Å². The van der Waals surface area contributed by atoms with E-state index in [0.717, 1.165) is 27.6 Å². The number of H-pyrrole nitrogens is 2. The van der Waals surface area contributed by atoms with Gasteiger partial charge in [-0.1, -0.05) is 18.2 Å². The molecule has 0 aliphatic carbocycles. The van der Waals surface area contributed by atoms with Crippen molar-refractivity contribution in [2.45, 2.75) is 6.42 Å². The van der Waals surface area contributed by atoms with Gasteiger partial charge in [0, 0.05) is 41.3 Å². The molecule has 0 aliphatic rings. The van der Waals surface area contributed by atoms with E-state index in [1.807, 2.05) is 42.6 Å². The molecule has 0 saturated heterocycles. The van der Waals surface area contributed by atoms with Crippen LogP contribution in [0.1, 0.15) is 5.56 Å². The third-order valence-electron chi connectivity index (χ3n) is 4.22. The number of carbonyl (C=O) groups excluding carboxylic acids is 1. The lowest BCUT2D eigenvalue weighted by molar-refractivity contribution is -0.115. The molecule has 3 aromatic heterocycles. The maximum absolute atomic E-state index is 12.4. The number of aromatic nitrogens is 3. The fraction of sp³-hybridized carbons (Fsp3) is 0.0500. The summed E-state index contributed by atoms with van der Waals surface area (Å²) in [6, 6.07) is 13.1. The van der Waals surface area contributed by atoms with Gasteiger partial charge in [0.25, 0.3) is 5.56 Å². The Morgan fingerprint density at radius 1 is 1.00 bits per heavy atom. The number of nitrogens with one attached hydrogen (secondary N) is 3. The molecule has 0 spiro atoms. The van der Waals surface area contributed by atoms with E-state index in [1.165, 1.54) is 0 Å². The second-order valence-corrected chi connectivity index (χ2v) is 5.95. The van der Waals surface area contributed by atoms with Crippen LogP contribution in [0.5, 0.6) is 0 Å². The van der Waals surface area contributed by atoms with Crippen LogP contribution in [0.15, 0.2) is 72.0 Å². The van der Waals surface area contributed by atoms with Crippen molar-refractivity contribution in [1.29, 1.82) is 0 Å². The molecule has 6 heteroatoms. The summed E-state index contributed by atoms with van der Waals surface area (Å²) in [4.78, 5) is 34.3. The number of rotatable bonds is 4. The Bertz CT molecular complexity index is 1130. The van der Waals surface area contributed by atoms with Gasteiger partial charge < -0.3 is 15.3 Å². The monoisotopic (exact) mass is 344 g/mol. The second-order valence-electron chi connectivity index (χ2n) is 5.95. The number of nitrogens with zero attached hydrogens (tertiary/aromatic N) is 1. The van der Waals surface area contributed by atoms with Crippen LogP contribution in [0, 0.1) is 0 Å². The van der Waals surface area contributed by atoms with Crippen molar-refractivity contribution in [3.05, 3.63) is 83.2 Å². The molecule has 6 nitrogen and oxygen atoms in total. The third-order valence-corrected chi connectivity index (χ3v) is 4.22. The van der Waals surface area contributed by atoms with Crippen LogP contribution in [0.25, 0.3) is 22.0 Å². The van der Waals surface area contributed by atoms with E-state index in [-0.39, 0.29) is 23.6 Å². The Morgan fingerprint density at radius 3 is 2.65 bits per heavy atom. The highest BCUT2D eigenvalue weighted by atomic mass is 16.2. The minimum Gasteiger partial charge on any atom is -0.361 e. The van der Waals surface area contributed by atoms with E-state index in [2.05, 4.69) is 20.3 Å². The smallest absolute Gasteiger partial charge is 0.271 e. The van der Waals surface area contributed by atoms with Gasteiger partial charge in [-0.3, -0.25) is 14.6 Å². The topological polar surface area (TPSA) is 90.6 Å². The summed E-state index contributed by atoms with van der Waals surface area (Å²) in [6.07, 6.45) is 6.98. The number of hydrogen-bond donors (Lipinski definition) is 3. The van der Waals surface area contributed by atoms with Gasteiger partial charge in [-0.25, -0.2) is 0 Å². The van der Waals surface area contributed by atoms with Crippen molar-refractivity contribution in [3.8, 4) is 11.1 Å². The molecule has 0 bridgehead atoms. The van der Waals surface area contributed by atoms with Gasteiger partial charge in [0.2, 0.25) is 5.91 Å². The van der Waals surface area contributed by atoms with Crippen LogP contribution in [0.2, 0.25) is 0 Å². The summed E-state index contributed by atoms with van der Waals surface area (Å²) >= 11 is 0. The standard InChI is InChI=1S/C20H16N4O2/c25-19(10-15-12-22-17-4-2-1-3-16(15)17)24-18-9-14(11-23-20(18)26)13-5-7-21-8-6-13/h1-9,11-12,22H,10H2,(H,23,26)(H,24,25). The minimum absolute atomic E-state index is 0.183. The van der Waals surface area contributed by atoms with E-state index >= 15 is 0 Å². The highest BCUT2D eigenvalue weighted by Gasteiger charge is 2.11. The highest BCUT2D eigenvalue weighted by molar-refractivity contribution is 5.96. The number of benzene rings is 1. The molecule has 128 valence electrons. The molecule has 4 rings (SSSR count). The molecule has 1 aromatic carbocycles. The number of anilines is 1. The first kappa shape index (κ1) is 15.8. The second kappa shape index (κ2) is 6.68. The summed E-state index contributed by atoms with van der Waals surface area (Å²) in [6.45, 7) is 0.